The van der Waals surface area contributed by atoms with E-state index in [1.807, 2.05) is 4.90 Å². The SMILES string of the molecule is C[C@H]1C(=O)N(CCCN2CCCC2=O)CC(=O)N1Cc1cncs1. The van der Waals surface area contributed by atoms with E-state index in [9.17, 15) is 14.4 Å². The van der Waals surface area contributed by atoms with Crippen molar-refractivity contribution in [2.75, 3.05) is 26.2 Å². The Morgan fingerprint density at radius 3 is 2.67 bits per heavy atom. The summed E-state index contributed by atoms with van der Waals surface area (Å²) in [5.41, 5.74) is 1.72. The molecule has 0 aromatic carbocycles. The van der Waals surface area contributed by atoms with Gasteiger partial charge in [0.05, 0.1) is 18.6 Å². The molecule has 1 atom stereocenters. The smallest absolute Gasteiger partial charge is 0.245 e. The molecular weight excluding hydrogens is 328 g/mol. The van der Waals surface area contributed by atoms with Crippen LogP contribution >= 0.6 is 11.3 Å². The summed E-state index contributed by atoms with van der Waals surface area (Å²) in [7, 11) is 0. The molecule has 7 nitrogen and oxygen atoms in total. The van der Waals surface area contributed by atoms with Crippen LogP contribution < -0.4 is 0 Å². The third-order valence-electron chi connectivity index (χ3n) is 4.62. The minimum atomic E-state index is -0.457. The molecule has 3 amide bonds. The molecule has 0 radical (unpaired) electrons. The number of hydrogen-bond donors (Lipinski definition) is 0. The van der Waals surface area contributed by atoms with Crippen molar-refractivity contribution in [1.29, 1.82) is 0 Å². The highest BCUT2D eigenvalue weighted by Gasteiger charge is 2.36. The molecule has 0 bridgehead atoms. The van der Waals surface area contributed by atoms with Crippen molar-refractivity contribution in [3.8, 4) is 0 Å². The predicted molar refractivity (Wildman–Crippen MR) is 89.1 cm³/mol. The van der Waals surface area contributed by atoms with Crippen molar-refractivity contribution in [2.24, 2.45) is 0 Å². The molecule has 0 spiro atoms. The summed E-state index contributed by atoms with van der Waals surface area (Å²) in [5.74, 6) is 0.139. The Bertz CT molecular complexity index is 619. The van der Waals surface area contributed by atoms with E-state index in [-0.39, 0.29) is 24.3 Å². The number of nitrogens with zero attached hydrogens (tertiary/aromatic N) is 4. The average Bonchev–Trinajstić information content (AvgIpc) is 3.21. The first kappa shape index (κ1) is 16.9. The lowest BCUT2D eigenvalue weighted by Gasteiger charge is -2.38. The molecule has 0 aliphatic carbocycles. The lowest BCUT2D eigenvalue weighted by atomic mass is 10.1. The molecule has 3 rings (SSSR count). The van der Waals surface area contributed by atoms with Crippen LogP contribution in [0.3, 0.4) is 0 Å². The van der Waals surface area contributed by atoms with Gasteiger partial charge in [0.15, 0.2) is 0 Å². The zero-order valence-electron chi connectivity index (χ0n) is 13.8. The minimum Gasteiger partial charge on any atom is -0.343 e. The molecule has 24 heavy (non-hydrogen) atoms. The largest absolute Gasteiger partial charge is 0.343 e. The Kier molecular flexibility index (Phi) is 5.13. The monoisotopic (exact) mass is 350 g/mol. The summed E-state index contributed by atoms with van der Waals surface area (Å²) in [6.07, 6.45) is 4.00. The zero-order valence-corrected chi connectivity index (χ0v) is 14.6. The maximum absolute atomic E-state index is 12.5. The van der Waals surface area contributed by atoms with Crippen LogP contribution in [0.4, 0.5) is 0 Å². The number of hydrogen-bond acceptors (Lipinski definition) is 5. The molecule has 2 aliphatic rings. The third kappa shape index (κ3) is 3.58. The summed E-state index contributed by atoms with van der Waals surface area (Å²) in [4.78, 5) is 46.6. The van der Waals surface area contributed by atoms with Gasteiger partial charge >= 0.3 is 0 Å². The third-order valence-corrected chi connectivity index (χ3v) is 5.38. The first-order valence-corrected chi connectivity index (χ1v) is 9.17. The standard InChI is InChI=1S/C16H22N4O3S/c1-12-16(23)19(7-3-6-18-5-2-4-14(18)21)10-15(22)20(12)9-13-8-17-11-24-13/h8,11-12H,2-7,9-10H2,1H3/t12-/m0/s1. The zero-order chi connectivity index (χ0) is 17.1. The fourth-order valence-corrected chi connectivity index (χ4v) is 3.83. The van der Waals surface area contributed by atoms with Crippen molar-refractivity contribution in [3.05, 3.63) is 16.6 Å². The van der Waals surface area contributed by atoms with E-state index in [0.29, 0.717) is 32.5 Å². The highest BCUT2D eigenvalue weighted by molar-refractivity contribution is 7.09. The second-order valence-corrected chi connectivity index (χ2v) is 7.23. The minimum absolute atomic E-state index is 0.0214. The number of carbonyl (C=O) groups excluding carboxylic acids is 3. The molecule has 3 heterocycles. The van der Waals surface area contributed by atoms with E-state index in [1.165, 1.54) is 11.3 Å². The van der Waals surface area contributed by atoms with Crippen molar-refractivity contribution >= 4 is 29.1 Å². The van der Waals surface area contributed by atoms with Gasteiger partial charge in [-0.15, -0.1) is 11.3 Å². The Morgan fingerprint density at radius 1 is 1.21 bits per heavy atom. The van der Waals surface area contributed by atoms with E-state index in [1.54, 1.807) is 28.4 Å². The lowest BCUT2D eigenvalue weighted by Crippen LogP contribution is -2.58. The van der Waals surface area contributed by atoms with Gasteiger partial charge in [-0.25, -0.2) is 0 Å². The number of thiazole rings is 1. The fourth-order valence-electron chi connectivity index (χ4n) is 3.24. The van der Waals surface area contributed by atoms with Crippen LogP contribution in [-0.2, 0) is 20.9 Å². The van der Waals surface area contributed by atoms with Crippen LogP contribution in [0.15, 0.2) is 11.7 Å². The van der Waals surface area contributed by atoms with Gasteiger partial charge in [-0.1, -0.05) is 0 Å². The van der Waals surface area contributed by atoms with E-state index >= 15 is 0 Å². The van der Waals surface area contributed by atoms with Crippen molar-refractivity contribution in [1.82, 2.24) is 19.7 Å². The van der Waals surface area contributed by atoms with Crippen LogP contribution in [0, 0.1) is 0 Å². The van der Waals surface area contributed by atoms with E-state index in [2.05, 4.69) is 4.98 Å². The van der Waals surface area contributed by atoms with Crippen LogP contribution in [0.1, 0.15) is 31.1 Å². The van der Waals surface area contributed by atoms with Crippen molar-refractivity contribution < 1.29 is 14.4 Å². The van der Waals surface area contributed by atoms with Gasteiger partial charge in [0, 0.05) is 37.1 Å². The Hall–Kier alpha value is -1.96. The molecule has 1 aromatic heterocycles. The van der Waals surface area contributed by atoms with Gasteiger partial charge in [-0.05, 0) is 19.8 Å². The van der Waals surface area contributed by atoms with Gasteiger partial charge in [0.2, 0.25) is 17.7 Å². The van der Waals surface area contributed by atoms with Gasteiger partial charge in [0.1, 0.15) is 6.04 Å². The Morgan fingerprint density at radius 2 is 2.00 bits per heavy atom. The van der Waals surface area contributed by atoms with Crippen LogP contribution in [0.25, 0.3) is 0 Å². The quantitative estimate of drug-likeness (QED) is 0.758. The van der Waals surface area contributed by atoms with Gasteiger partial charge in [0.25, 0.3) is 0 Å². The van der Waals surface area contributed by atoms with Gasteiger partial charge in [-0.2, -0.15) is 0 Å². The average molecular weight is 350 g/mol. The lowest BCUT2D eigenvalue weighted by molar-refractivity contribution is -0.155. The molecule has 8 heteroatoms. The van der Waals surface area contributed by atoms with E-state index < -0.39 is 6.04 Å². The molecule has 2 aliphatic heterocycles. The first-order valence-electron chi connectivity index (χ1n) is 8.29. The summed E-state index contributed by atoms with van der Waals surface area (Å²) in [6, 6.07) is -0.457. The highest BCUT2D eigenvalue weighted by Crippen LogP contribution is 2.18. The van der Waals surface area contributed by atoms with Crippen LogP contribution in [0.2, 0.25) is 0 Å². The second kappa shape index (κ2) is 7.29. The summed E-state index contributed by atoms with van der Waals surface area (Å²) in [5, 5.41) is 0. The normalized spacial score (nSPS) is 22.0. The van der Waals surface area contributed by atoms with Gasteiger partial charge in [-0.3, -0.25) is 19.4 Å². The maximum atomic E-state index is 12.5. The maximum Gasteiger partial charge on any atom is 0.245 e. The van der Waals surface area contributed by atoms with Crippen molar-refractivity contribution in [3.63, 3.8) is 0 Å². The molecule has 130 valence electrons. The summed E-state index contributed by atoms with van der Waals surface area (Å²) < 4.78 is 0. The van der Waals surface area contributed by atoms with Gasteiger partial charge < -0.3 is 14.7 Å². The predicted octanol–water partition coefficient (Wildman–Crippen LogP) is 0.715. The number of rotatable bonds is 6. The highest BCUT2D eigenvalue weighted by atomic mass is 32.1. The number of likely N-dealkylation sites (tertiary alicyclic amines) is 1. The number of aromatic nitrogens is 1. The Balaban J connectivity index is 1.52. The summed E-state index contributed by atoms with van der Waals surface area (Å²) in [6.45, 7) is 4.33. The summed E-state index contributed by atoms with van der Waals surface area (Å²) >= 11 is 1.48. The molecule has 0 unspecified atom stereocenters. The van der Waals surface area contributed by atoms with Crippen LogP contribution in [0.5, 0.6) is 0 Å². The molecule has 2 fully saturated rings. The number of piperazine rings is 1. The topological polar surface area (TPSA) is 73.8 Å². The fraction of sp³-hybridized carbons (Fsp3) is 0.625. The molecular formula is C16H22N4O3S. The number of amides is 3. The molecule has 1 aromatic rings. The Labute approximate surface area is 145 Å². The van der Waals surface area contributed by atoms with Crippen molar-refractivity contribution in [2.45, 2.75) is 38.8 Å². The molecule has 0 N–H and O–H groups in total. The van der Waals surface area contributed by atoms with Crippen LogP contribution in [-0.4, -0.2) is 69.6 Å². The molecule has 2 saturated heterocycles. The first-order chi connectivity index (χ1) is 11.6. The van der Waals surface area contributed by atoms with E-state index in [0.717, 1.165) is 17.8 Å². The number of carbonyl (C=O) groups is 3. The molecule has 0 saturated carbocycles. The van der Waals surface area contributed by atoms with E-state index in [4.69, 9.17) is 0 Å². The second-order valence-electron chi connectivity index (χ2n) is 6.26.